The predicted molar refractivity (Wildman–Crippen MR) is 210 cm³/mol. The van der Waals surface area contributed by atoms with Crippen molar-refractivity contribution < 1.29 is 43.4 Å². The van der Waals surface area contributed by atoms with E-state index in [9.17, 15) is 34.0 Å². The van der Waals surface area contributed by atoms with Gasteiger partial charge in [0.05, 0.1) is 24.5 Å². The molecule has 0 aromatic rings. The maximum Gasteiger partial charge on any atom is 0.213 e. The standard InChI is InChI=1S/C40H80N2O9S/c1-3-5-7-9-11-13-15-17-19-21-23-25-27-29-31-52(48,49)42-39(51-40-38(47)37(46)36(45)34(32-43)50-40)35(41)33(44)30-28-26-24-22-20-18-16-14-12-10-8-6-4-2/h28,30,33-40,42-47H,3-27,29,31-32,41H2,1-2H3/t33?,34-,35?,36-,37+,38-,39?,40?/m1/s1. The van der Waals surface area contributed by atoms with Crippen molar-refractivity contribution in [1.29, 1.82) is 0 Å². The molecule has 0 bridgehead atoms. The van der Waals surface area contributed by atoms with Crippen LogP contribution in [0.2, 0.25) is 0 Å². The van der Waals surface area contributed by atoms with Crippen molar-refractivity contribution in [2.24, 2.45) is 5.73 Å². The van der Waals surface area contributed by atoms with E-state index in [0.717, 1.165) is 44.9 Å². The molecule has 1 aliphatic heterocycles. The van der Waals surface area contributed by atoms with E-state index in [0.29, 0.717) is 6.42 Å². The second kappa shape index (κ2) is 31.5. The number of unbranched alkanes of at least 4 members (excludes halogenated alkanes) is 24. The van der Waals surface area contributed by atoms with E-state index in [1.807, 2.05) is 6.08 Å². The summed E-state index contributed by atoms with van der Waals surface area (Å²) >= 11 is 0. The second-order valence-corrected chi connectivity index (χ2v) is 17.0. The summed E-state index contributed by atoms with van der Waals surface area (Å²) in [6.45, 7) is 3.80. The van der Waals surface area contributed by atoms with Crippen LogP contribution in [0.3, 0.4) is 0 Å². The van der Waals surface area contributed by atoms with Crippen molar-refractivity contribution in [1.82, 2.24) is 4.72 Å². The van der Waals surface area contributed by atoms with E-state index < -0.39 is 65.7 Å². The zero-order valence-corrected chi connectivity index (χ0v) is 33.7. The van der Waals surface area contributed by atoms with Gasteiger partial charge in [0.15, 0.2) is 6.29 Å². The molecule has 1 saturated heterocycles. The van der Waals surface area contributed by atoms with Crippen LogP contribution in [-0.4, -0.2) is 95.4 Å². The average Bonchev–Trinajstić information content (AvgIpc) is 3.12. The Morgan fingerprint density at radius 3 is 1.54 bits per heavy atom. The first-order valence-electron chi connectivity index (χ1n) is 21.1. The number of hydrogen-bond donors (Lipinski definition) is 7. The van der Waals surface area contributed by atoms with Crippen LogP contribution in [0.1, 0.15) is 181 Å². The Bertz CT molecular complexity index is 955. The lowest BCUT2D eigenvalue weighted by molar-refractivity contribution is -0.314. The normalized spacial score (nSPS) is 23.0. The lowest BCUT2D eigenvalue weighted by Crippen LogP contribution is -2.63. The highest BCUT2D eigenvalue weighted by Gasteiger charge is 2.46. The molecule has 0 saturated carbocycles. The van der Waals surface area contributed by atoms with E-state index in [2.05, 4.69) is 18.6 Å². The third kappa shape index (κ3) is 23.3. The fraction of sp³-hybridized carbons (Fsp3) is 0.950. The van der Waals surface area contributed by atoms with Gasteiger partial charge in [-0.05, 0) is 19.3 Å². The molecule has 0 spiro atoms. The molecular formula is C40H80N2O9S. The smallest absolute Gasteiger partial charge is 0.213 e. The molecule has 1 aliphatic rings. The molecule has 8 N–H and O–H groups in total. The largest absolute Gasteiger partial charge is 0.394 e. The number of allylic oxidation sites excluding steroid dienone is 1. The Morgan fingerprint density at radius 1 is 0.673 bits per heavy atom. The van der Waals surface area contributed by atoms with Crippen molar-refractivity contribution >= 4 is 10.0 Å². The van der Waals surface area contributed by atoms with Crippen LogP contribution in [-0.2, 0) is 19.5 Å². The lowest BCUT2D eigenvalue weighted by Gasteiger charge is -2.41. The summed E-state index contributed by atoms with van der Waals surface area (Å²) in [5.74, 6) is -0.170. The maximum atomic E-state index is 13.2. The molecule has 1 fully saturated rings. The molecular weight excluding hydrogens is 685 g/mol. The zero-order valence-electron chi connectivity index (χ0n) is 32.9. The summed E-state index contributed by atoms with van der Waals surface area (Å²) in [5, 5.41) is 51.4. The molecule has 12 heteroatoms. The first-order chi connectivity index (χ1) is 25.1. The lowest BCUT2D eigenvalue weighted by atomic mass is 9.99. The monoisotopic (exact) mass is 765 g/mol. The third-order valence-corrected chi connectivity index (χ3v) is 11.7. The Kier molecular flexibility index (Phi) is 29.9. The van der Waals surface area contributed by atoms with Gasteiger partial charge in [0.1, 0.15) is 30.6 Å². The van der Waals surface area contributed by atoms with Gasteiger partial charge < -0.3 is 40.7 Å². The van der Waals surface area contributed by atoms with Crippen LogP contribution >= 0.6 is 0 Å². The first-order valence-corrected chi connectivity index (χ1v) is 22.8. The van der Waals surface area contributed by atoms with Crippen molar-refractivity contribution in [3.63, 3.8) is 0 Å². The second-order valence-electron chi connectivity index (χ2n) is 15.1. The summed E-state index contributed by atoms with van der Waals surface area (Å²) in [6, 6.07) is -1.29. The SMILES string of the molecule is CCCCCCCCCCCCCC=CC(O)C(N)C(NS(=O)(=O)CCCCCCCCCCCCCCCC)OC1O[C@H](CO)[C@@H](O)[C@H](O)[C@H]1O. The molecule has 1 heterocycles. The number of hydrogen-bond acceptors (Lipinski definition) is 10. The highest BCUT2D eigenvalue weighted by Crippen LogP contribution is 2.24. The number of nitrogens with two attached hydrogens (primary N) is 1. The molecule has 8 atom stereocenters. The van der Waals surface area contributed by atoms with Gasteiger partial charge in [0.25, 0.3) is 0 Å². The minimum absolute atomic E-state index is 0.170. The quantitative estimate of drug-likeness (QED) is 0.0214. The van der Waals surface area contributed by atoms with Crippen LogP contribution < -0.4 is 10.5 Å². The van der Waals surface area contributed by atoms with Gasteiger partial charge in [-0.15, -0.1) is 0 Å². The zero-order chi connectivity index (χ0) is 38.5. The van der Waals surface area contributed by atoms with Gasteiger partial charge in [-0.2, -0.15) is 4.72 Å². The van der Waals surface area contributed by atoms with Crippen LogP contribution in [0, 0.1) is 0 Å². The van der Waals surface area contributed by atoms with E-state index in [1.54, 1.807) is 0 Å². The Balaban J connectivity index is 2.56. The molecule has 52 heavy (non-hydrogen) atoms. The van der Waals surface area contributed by atoms with Gasteiger partial charge in [-0.1, -0.05) is 174 Å². The Morgan fingerprint density at radius 2 is 1.10 bits per heavy atom. The van der Waals surface area contributed by atoms with E-state index in [-0.39, 0.29) is 5.75 Å². The van der Waals surface area contributed by atoms with E-state index >= 15 is 0 Å². The molecule has 11 nitrogen and oxygen atoms in total. The van der Waals surface area contributed by atoms with Crippen LogP contribution in [0.5, 0.6) is 0 Å². The summed E-state index contributed by atoms with van der Waals surface area (Å²) in [7, 11) is -3.92. The number of aliphatic hydroxyl groups is 5. The first kappa shape index (κ1) is 49.3. The predicted octanol–water partition coefficient (Wildman–Crippen LogP) is 6.48. The van der Waals surface area contributed by atoms with Crippen molar-refractivity contribution in [3.05, 3.63) is 12.2 Å². The molecule has 1 rings (SSSR count). The minimum atomic E-state index is -3.92. The third-order valence-electron chi connectivity index (χ3n) is 10.2. The van der Waals surface area contributed by atoms with Gasteiger partial charge in [-0.3, -0.25) is 0 Å². The van der Waals surface area contributed by atoms with Crippen LogP contribution in [0.25, 0.3) is 0 Å². The number of ether oxygens (including phenoxy) is 2. The molecule has 0 aromatic heterocycles. The highest BCUT2D eigenvalue weighted by molar-refractivity contribution is 7.89. The van der Waals surface area contributed by atoms with Crippen molar-refractivity contribution in [2.45, 2.75) is 230 Å². The molecule has 0 aromatic carbocycles. The Labute approximate surface area is 317 Å². The van der Waals surface area contributed by atoms with Crippen LogP contribution in [0.15, 0.2) is 12.2 Å². The minimum Gasteiger partial charge on any atom is -0.394 e. The fourth-order valence-corrected chi connectivity index (χ4v) is 7.98. The highest BCUT2D eigenvalue weighted by atomic mass is 32.2. The molecule has 0 aliphatic carbocycles. The average molecular weight is 765 g/mol. The topological polar surface area (TPSA) is 192 Å². The summed E-state index contributed by atoms with van der Waals surface area (Å²) in [4.78, 5) is 0. The van der Waals surface area contributed by atoms with Crippen molar-refractivity contribution in [3.8, 4) is 0 Å². The molecule has 0 amide bonds. The van der Waals surface area contributed by atoms with Gasteiger partial charge in [-0.25, -0.2) is 8.42 Å². The van der Waals surface area contributed by atoms with E-state index in [4.69, 9.17) is 15.2 Å². The molecule has 310 valence electrons. The van der Waals surface area contributed by atoms with Crippen LogP contribution in [0.4, 0.5) is 0 Å². The molecule has 0 radical (unpaired) electrons. The van der Waals surface area contributed by atoms with Gasteiger partial charge in [0.2, 0.25) is 10.0 Å². The summed E-state index contributed by atoms with van der Waals surface area (Å²) in [6.07, 6.45) is 23.0. The number of aliphatic hydroxyl groups excluding tert-OH is 5. The number of rotatable bonds is 35. The van der Waals surface area contributed by atoms with Crippen molar-refractivity contribution in [2.75, 3.05) is 12.4 Å². The molecule has 4 unspecified atom stereocenters. The Hall–Kier alpha value is -0.670. The van der Waals surface area contributed by atoms with Gasteiger partial charge >= 0.3 is 0 Å². The fourth-order valence-electron chi connectivity index (χ4n) is 6.71. The number of nitrogens with one attached hydrogen (secondary N) is 1. The van der Waals surface area contributed by atoms with Gasteiger partial charge in [0, 0.05) is 0 Å². The number of sulfonamides is 1. The maximum absolute atomic E-state index is 13.2. The van der Waals surface area contributed by atoms with E-state index in [1.165, 1.54) is 122 Å². The summed E-state index contributed by atoms with van der Waals surface area (Å²) < 4.78 is 39.9. The summed E-state index contributed by atoms with van der Waals surface area (Å²) in [5.41, 5.74) is 6.34.